The third-order valence-electron chi connectivity index (χ3n) is 4.33. The molecule has 0 saturated heterocycles. The predicted molar refractivity (Wildman–Crippen MR) is 118 cm³/mol. The van der Waals surface area contributed by atoms with Gasteiger partial charge in [-0.05, 0) is 42.8 Å². The Morgan fingerprint density at radius 2 is 1.55 bits per heavy atom. The van der Waals surface area contributed by atoms with Gasteiger partial charge in [0.1, 0.15) is 0 Å². The van der Waals surface area contributed by atoms with Gasteiger partial charge in [-0.1, -0.05) is 32.0 Å². The summed E-state index contributed by atoms with van der Waals surface area (Å²) >= 11 is 1.36. The van der Waals surface area contributed by atoms with Gasteiger partial charge in [0, 0.05) is 25.9 Å². The Morgan fingerprint density at radius 3 is 2.14 bits per heavy atom. The van der Waals surface area contributed by atoms with E-state index in [1.807, 2.05) is 16.3 Å². The van der Waals surface area contributed by atoms with Crippen LogP contribution in [0.5, 0.6) is 0 Å². The molecule has 3 amide bonds. The Kier molecular flexibility index (Phi) is 9.37. The smallest absolute Gasteiger partial charge is 0.265 e. The summed E-state index contributed by atoms with van der Waals surface area (Å²) in [4.78, 5) is 39.4. The van der Waals surface area contributed by atoms with Crippen LogP contribution in [0.15, 0.2) is 41.8 Å². The first kappa shape index (κ1) is 22.6. The van der Waals surface area contributed by atoms with E-state index in [0.717, 1.165) is 25.9 Å². The second-order valence-corrected chi connectivity index (χ2v) is 7.71. The van der Waals surface area contributed by atoms with Gasteiger partial charge in [0.15, 0.2) is 0 Å². The SMILES string of the molecule is CCCN(CCC)C(=O)CCCC(=O)Nc1ccccc1NC(=O)c1cccs1. The first-order chi connectivity index (χ1) is 14.0. The fourth-order valence-corrected chi connectivity index (χ4v) is 3.58. The van der Waals surface area contributed by atoms with E-state index in [-0.39, 0.29) is 24.1 Å². The van der Waals surface area contributed by atoms with E-state index in [2.05, 4.69) is 24.5 Å². The lowest BCUT2D eigenvalue weighted by Crippen LogP contribution is -2.32. The van der Waals surface area contributed by atoms with Gasteiger partial charge in [-0.15, -0.1) is 11.3 Å². The maximum Gasteiger partial charge on any atom is 0.265 e. The van der Waals surface area contributed by atoms with E-state index in [1.54, 1.807) is 30.3 Å². The van der Waals surface area contributed by atoms with Gasteiger partial charge in [0.2, 0.25) is 11.8 Å². The summed E-state index contributed by atoms with van der Waals surface area (Å²) in [5.41, 5.74) is 1.10. The van der Waals surface area contributed by atoms with Crippen LogP contribution in [0, 0.1) is 0 Å². The van der Waals surface area contributed by atoms with Gasteiger partial charge < -0.3 is 15.5 Å². The van der Waals surface area contributed by atoms with Gasteiger partial charge in [-0.25, -0.2) is 0 Å². The predicted octanol–water partition coefficient (Wildman–Crippen LogP) is 4.76. The van der Waals surface area contributed by atoms with Crippen LogP contribution in [0.25, 0.3) is 0 Å². The van der Waals surface area contributed by atoms with Crippen LogP contribution in [0.3, 0.4) is 0 Å². The standard InChI is InChI=1S/C22H29N3O3S/c1-3-14-25(15-4-2)21(27)13-7-12-20(26)23-17-9-5-6-10-18(17)24-22(28)19-11-8-16-29-19/h5-6,8-11,16H,3-4,7,12-15H2,1-2H3,(H,23,26)(H,24,28). The molecule has 0 aliphatic carbocycles. The molecule has 0 fully saturated rings. The van der Waals surface area contributed by atoms with Gasteiger partial charge in [0.05, 0.1) is 16.3 Å². The van der Waals surface area contributed by atoms with Crippen LogP contribution < -0.4 is 10.6 Å². The maximum atomic E-state index is 12.3. The number of amides is 3. The van der Waals surface area contributed by atoms with Crippen molar-refractivity contribution in [1.29, 1.82) is 0 Å². The molecule has 2 N–H and O–H groups in total. The fraction of sp³-hybridized carbons (Fsp3) is 0.409. The second kappa shape index (κ2) is 12.0. The van der Waals surface area contributed by atoms with Crippen molar-refractivity contribution in [3.05, 3.63) is 46.7 Å². The highest BCUT2D eigenvalue weighted by atomic mass is 32.1. The molecule has 29 heavy (non-hydrogen) atoms. The van der Waals surface area contributed by atoms with Crippen LogP contribution in [0.4, 0.5) is 11.4 Å². The highest BCUT2D eigenvalue weighted by molar-refractivity contribution is 7.12. The summed E-state index contributed by atoms with van der Waals surface area (Å²) in [6.07, 6.45) is 2.98. The molecule has 2 aromatic rings. The molecule has 7 heteroatoms. The number of carbonyl (C=O) groups excluding carboxylic acids is 3. The Balaban J connectivity index is 1.86. The average molecular weight is 416 g/mol. The molecule has 0 bridgehead atoms. The number of rotatable bonds is 11. The van der Waals surface area contributed by atoms with Gasteiger partial charge in [-0.2, -0.15) is 0 Å². The van der Waals surface area contributed by atoms with E-state index in [9.17, 15) is 14.4 Å². The fourth-order valence-electron chi connectivity index (χ4n) is 2.96. The van der Waals surface area contributed by atoms with E-state index in [1.165, 1.54) is 11.3 Å². The molecule has 0 spiro atoms. The van der Waals surface area contributed by atoms with E-state index in [0.29, 0.717) is 29.1 Å². The number of nitrogens with zero attached hydrogens (tertiary/aromatic N) is 1. The molecule has 1 aromatic carbocycles. The lowest BCUT2D eigenvalue weighted by atomic mass is 10.2. The Hall–Kier alpha value is -2.67. The molecule has 0 unspecified atom stereocenters. The van der Waals surface area contributed by atoms with E-state index >= 15 is 0 Å². The largest absolute Gasteiger partial charge is 0.343 e. The Labute approximate surface area is 176 Å². The normalized spacial score (nSPS) is 10.4. The Morgan fingerprint density at radius 1 is 0.897 bits per heavy atom. The zero-order valence-corrected chi connectivity index (χ0v) is 17.9. The summed E-state index contributed by atoms with van der Waals surface area (Å²) in [6, 6.07) is 10.7. The lowest BCUT2D eigenvalue weighted by molar-refractivity contribution is -0.131. The molecule has 0 radical (unpaired) electrons. The summed E-state index contributed by atoms with van der Waals surface area (Å²) in [7, 11) is 0. The van der Waals surface area contributed by atoms with Crippen molar-refractivity contribution >= 4 is 40.4 Å². The van der Waals surface area contributed by atoms with Crippen LogP contribution in [-0.2, 0) is 9.59 Å². The molecular formula is C22H29N3O3S. The first-order valence-electron chi connectivity index (χ1n) is 10.1. The zero-order valence-electron chi connectivity index (χ0n) is 17.1. The highest BCUT2D eigenvalue weighted by Crippen LogP contribution is 2.23. The van der Waals surface area contributed by atoms with Gasteiger partial charge in [0.25, 0.3) is 5.91 Å². The second-order valence-electron chi connectivity index (χ2n) is 6.76. The van der Waals surface area contributed by atoms with Crippen molar-refractivity contribution in [2.75, 3.05) is 23.7 Å². The molecule has 0 aliphatic heterocycles. The van der Waals surface area contributed by atoms with Gasteiger partial charge in [-0.3, -0.25) is 14.4 Å². The number of para-hydroxylation sites is 2. The topological polar surface area (TPSA) is 78.5 Å². The molecule has 0 aliphatic rings. The van der Waals surface area contributed by atoms with Crippen LogP contribution >= 0.6 is 11.3 Å². The van der Waals surface area contributed by atoms with Crippen molar-refractivity contribution in [1.82, 2.24) is 4.90 Å². The van der Waals surface area contributed by atoms with Crippen molar-refractivity contribution in [2.45, 2.75) is 46.0 Å². The molecule has 156 valence electrons. The highest BCUT2D eigenvalue weighted by Gasteiger charge is 2.14. The van der Waals surface area contributed by atoms with Crippen molar-refractivity contribution in [3.63, 3.8) is 0 Å². The first-order valence-corrected chi connectivity index (χ1v) is 10.9. The average Bonchev–Trinajstić information content (AvgIpc) is 3.24. The number of benzene rings is 1. The van der Waals surface area contributed by atoms with Crippen LogP contribution in [0.2, 0.25) is 0 Å². The third-order valence-corrected chi connectivity index (χ3v) is 5.20. The molecule has 0 atom stereocenters. The number of hydrogen-bond acceptors (Lipinski definition) is 4. The molecule has 6 nitrogen and oxygen atoms in total. The number of hydrogen-bond donors (Lipinski definition) is 2. The monoisotopic (exact) mass is 415 g/mol. The number of carbonyl (C=O) groups is 3. The summed E-state index contributed by atoms with van der Waals surface area (Å²) in [5.74, 6) is -0.280. The number of thiophene rings is 1. The Bertz CT molecular complexity index is 799. The number of anilines is 2. The molecule has 0 saturated carbocycles. The minimum Gasteiger partial charge on any atom is -0.343 e. The minimum absolute atomic E-state index is 0.102. The van der Waals surface area contributed by atoms with E-state index < -0.39 is 0 Å². The summed E-state index contributed by atoms with van der Waals surface area (Å²) < 4.78 is 0. The van der Waals surface area contributed by atoms with Crippen LogP contribution in [-0.4, -0.2) is 35.7 Å². The quantitative estimate of drug-likeness (QED) is 0.555. The van der Waals surface area contributed by atoms with Gasteiger partial charge >= 0.3 is 0 Å². The molecular weight excluding hydrogens is 386 g/mol. The minimum atomic E-state index is -0.209. The van der Waals surface area contributed by atoms with E-state index in [4.69, 9.17) is 0 Å². The van der Waals surface area contributed by atoms with Crippen molar-refractivity contribution in [3.8, 4) is 0 Å². The third kappa shape index (κ3) is 7.34. The zero-order chi connectivity index (χ0) is 21.1. The lowest BCUT2D eigenvalue weighted by Gasteiger charge is -2.21. The molecule has 1 heterocycles. The summed E-state index contributed by atoms with van der Waals surface area (Å²) in [6.45, 7) is 5.63. The summed E-state index contributed by atoms with van der Waals surface area (Å²) in [5, 5.41) is 7.51. The van der Waals surface area contributed by atoms with Crippen LogP contribution in [0.1, 0.15) is 55.6 Å². The maximum absolute atomic E-state index is 12.3. The molecule has 2 rings (SSSR count). The molecule has 1 aromatic heterocycles. The van der Waals surface area contributed by atoms with Crippen molar-refractivity contribution < 1.29 is 14.4 Å². The van der Waals surface area contributed by atoms with Crippen molar-refractivity contribution in [2.24, 2.45) is 0 Å². The number of nitrogens with one attached hydrogen (secondary N) is 2.